The smallest absolute Gasteiger partial charge is 0.229 e. The topological polar surface area (TPSA) is 89.5 Å². The normalized spacial score (nSPS) is 17.8. The maximum absolute atomic E-state index is 12.5. The van der Waals surface area contributed by atoms with Gasteiger partial charge in [-0.25, -0.2) is 0 Å². The Balaban J connectivity index is 1.67. The number of benzene rings is 2. The van der Waals surface area contributed by atoms with Gasteiger partial charge in [0.25, 0.3) is 0 Å². The third-order valence-electron chi connectivity index (χ3n) is 4.64. The molecule has 0 spiro atoms. The zero-order valence-electron chi connectivity index (χ0n) is 14.3. The minimum atomic E-state index is -1.31. The molecule has 3 rings (SSSR count). The van der Waals surface area contributed by atoms with Gasteiger partial charge < -0.3 is 20.1 Å². The molecular weight excluding hydrogens is 332 g/mol. The monoisotopic (exact) mass is 351 g/mol. The number of anilines is 1. The Kier molecular flexibility index (Phi) is 5.02. The standard InChI is InChI=1S/C20H20N2O4/c1-13(14-6-3-2-4-7-14)22-12-16(11-18(22)23)19(24)21-17-9-5-8-15(10-17)20(25)26/h2-10,13,16H,11-12H2,1H3,(H,21,24)(H,25,26)/p-1/t13-,16-/m1/s1. The van der Waals surface area contributed by atoms with Crippen molar-refractivity contribution in [2.45, 2.75) is 19.4 Å². The van der Waals surface area contributed by atoms with Crippen molar-refractivity contribution in [3.8, 4) is 0 Å². The van der Waals surface area contributed by atoms with E-state index in [0.29, 0.717) is 12.2 Å². The molecule has 0 aliphatic carbocycles. The third-order valence-corrected chi connectivity index (χ3v) is 4.64. The van der Waals surface area contributed by atoms with Gasteiger partial charge in [-0.2, -0.15) is 0 Å². The van der Waals surface area contributed by atoms with E-state index < -0.39 is 11.9 Å². The van der Waals surface area contributed by atoms with Crippen LogP contribution in [-0.4, -0.2) is 29.2 Å². The highest BCUT2D eigenvalue weighted by molar-refractivity contribution is 5.98. The first-order chi connectivity index (χ1) is 12.5. The number of rotatable bonds is 5. The van der Waals surface area contributed by atoms with E-state index in [-0.39, 0.29) is 29.8 Å². The first kappa shape index (κ1) is 17.7. The number of carbonyl (C=O) groups is 3. The van der Waals surface area contributed by atoms with Gasteiger partial charge in [-0.05, 0) is 30.2 Å². The molecule has 1 aliphatic heterocycles. The maximum Gasteiger partial charge on any atom is 0.229 e. The van der Waals surface area contributed by atoms with Crippen LogP contribution in [0.3, 0.4) is 0 Å². The predicted molar refractivity (Wildman–Crippen MR) is 94.1 cm³/mol. The molecule has 1 fully saturated rings. The fourth-order valence-electron chi connectivity index (χ4n) is 3.16. The lowest BCUT2D eigenvalue weighted by atomic mass is 10.1. The van der Waals surface area contributed by atoms with E-state index >= 15 is 0 Å². The van der Waals surface area contributed by atoms with Gasteiger partial charge in [0.1, 0.15) is 0 Å². The number of hydrogen-bond donors (Lipinski definition) is 1. The summed E-state index contributed by atoms with van der Waals surface area (Å²) in [6, 6.07) is 15.4. The summed E-state index contributed by atoms with van der Waals surface area (Å²) >= 11 is 0. The lowest BCUT2D eigenvalue weighted by molar-refractivity contribution is -0.255. The van der Waals surface area contributed by atoms with E-state index in [1.807, 2.05) is 37.3 Å². The first-order valence-corrected chi connectivity index (χ1v) is 8.42. The molecular formula is C20H19N2O4-. The zero-order valence-corrected chi connectivity index (χ0v) is 14.3. The average molecular weight is 351 g/mol. The maximum atomic E-state index is 12.5. The van der Waals surface area contributed by atoms with Gasteiger partial charge in [0.15, 0.2) is 0 Å². The molecule has 1 N–H and O–H groups in total. The number of carbonyl (C=O) groups excluding carboxylic acids is 3. The van der Waals surface area contributed by atoms with Gasteiger partial charge in [-0.1, -0.05) is 42.5 Å². The molecule has 1 aliphatic rings. The van der Waals surface area contributed by atoms with Crippen LogP contribution in [0, 0.1) is 5.92 Å². The summed E-state index contributed by atoms with van der Waals surface area (Å²) in [7, 11) is 0. The van der Waals surface area contributed by atoms with E-state index in [4.69, 9.17) is 0 Å². The molecule has 1 saturated heterocycles. The van der Waals surface area contributed by atoms with Crippen molar-refractivity contribution in [1.29, 1.82) is 0 Å². The molecule has 134 valence electrons. The molecule has 0 radical (unpaired) electrons. The fraction of sp³-hybridized carbons (Fsp3) is 0.250. The summed E-state index contributed by atoms with van der Waals surface area (Å²) < 4.78 is 0. The Bertz CT molecular complexity index is 835. The Hall–Kier alpha value is -3.15. The van der Waals surface area contributed by atoms with Crippen molar-refractivity contribution in [1.82, 2.24) is 4.90 Å². The van der Waals surface area contributed by atoms with Gasteiger partial charge in [0.05, 0.1) is 17.9 Å². The highest BCUT2D eigenvalue weighted by Crippen LogP contribution is 2.29. The molecule has 0 aromatic heterocycles. The highest BCUT2D eigenvalue weighted by atomic mass is 16.4. The van der Waals surface area contributed by atoms with E-state index in [0.717, 1.165) is 5.56 Å². The molecule has 6 heteroatoms. The van der Waals surface area contributed by atoms with Crippen LogP contribution in [0.15, 0.2) is 54.6 Å². The molecule has 0 saturated carbocycles. The Morgan fingerprint density at radius 1 is 1.15 bits per heavy atom. The first-order valence-electron chi connectivity index (χ1n) is 8.42. The number of amides is 2. The average Bonchev–Trinajstić information content (AvgIpc) is 3.04. The number of nitrogens with one attached hydrogen (secondary N) is 1. The number of carboxylic acid groups (broad SMARTS) is 1. The second kappa shape index (κ2) is 7.39. The van der Waals surface area contributed by atoms with Crippen LogP contribution >= 0.6 is 0 Å². The fourth-order valence-corrected chi connectivity index (χ4v) is 3.16. The minimum Gasteiger partial charge on any atom is -0.545 e. The molecule has 1 heterocycles. The lowest BCUT2D eigenvalue weighted by Gasteiger charge is -2.25. The summed E-state index contributed by atoms with van der Waals surface area (Å²) in [6.07, 6.45) is 0.142. The summed E-state index contributed by atoms with van der Waals surface area (Å²) in [4.78, 5) is 37.5. The molecule has 2 aromatic rings. The Morgan fingerprint density at radius 3 is 2.58 bits per heavy atom. The van der Waals surface area contributed by atoms with Crippen LogP contribution in [0.5, 0.6) is 0 Å². The number of hydrogen-bond acceptors (Lipinski definition) is 4. The molecule has 0 unspecified atom stereocenters. The van der Waals surface area contributed by atoms with Gasteiger partial charge >= 0.3 is 0 Å². The Morgan fingerprint density at radius 2 is 1.88 bits per heavy atom. The van der Waals surface area contributed by atoms with Crippen LogP contribution in [0.2, 0.25) is 0 Å². The minimum absolute atomic E-state index is 0.00961. The van der Waals surface area contributed by atoms with Crippen molar-refractivity contribution < 1.29 is 19.5 Å². The van der Waals surface area contributed by atoms with Crippen molar-refractivity contribution in [2.24, 2.45) is 5.92 Å². The lowest BCUT2D eigenvalue weighted by Crippen LogP contribution is -2.30. The van der Waals surface area contributed by atoms with Crippen molar-refractivity contribution in [3.05, 3.63) is 65.7 Å². The van der Waals surface area contributed by atoms with Gasteiger partial charge in [0.2, 0.25) is 11.8 Å². The van der Waals surface area contributed by atoms with Crippen LogP contribution in [0.25, 0.3) is 0 Å². The third kappa shape index (κ3) is 3.74. The number of likely N-dealkylation sites (tertiary alicyclic amines) is 1. The number of carboxylic acids is 1. The van der Waals surface area contributed by atoms with Crippen LogP contribution in [-0.2, 0) is 9.59 Å². The quantitative estimate of drug-likeness (QED) is 0.886. The summed E-state index contributed by atoms with van der Waals surface area (Å²) in [5.74, 6) is -2.14. The molecule has 0 bridgehead atoms. The zero-order chi connectivity index (χ0) is 18.7. The van der Waals surface area contributed by atoms with Gasteiger partial charge in [-0.15, -0.1) is 0 Å². The summed E-state index contributed by atoms with van der Waals surface area (Å²) in [5, 5.41) is 13.6. The van der Waals surface area contributed by atoms with Crippen LogP contribution < -0.4 is 10.4 Å². The number of aromatic carboxylic acids is 1. The van der Waals surface area contributed by atoms with Crippen molar-refractivity contribution >= 4 is 23.5 Å². The predicted octanol–water partition coefficient (Wildman–Crippen LogP) is 1.60. The van der Waals surface area contributed by atoms with Crippen LogP contribution in [0.1, 0.15) is 35.3 Å². The molecule has 2 atom stereocenters. The SMILES string of the molecule is C[C@H](c1ccccc1)N1C[C@H](C(=O)Nc2cccc(C(=O)[O-])c2)CC1=O. The van der Waals surface area contributed by atoms with Crippen LogP contribution in [0.4, 0.5) is 5.69 Å². The van der Waals surface area contributed by atoms with Gasteiger partial charge in [0, 0.05) is 18.7 Å². The largest absolute Gasteiger partial charge is 0.545 e. The highest BCUT2D eigenvalue weighted by Gasteiger charge is 2.37. The van der Waals surface area contributed by atoms with Gasteiger partial charge in [-0.3, -0.25) is 9.59 Å². The summed E-state index contributed by atoms with van der Waals surface area (Å²) in [6.45, 7) is 2.28. The second-order valence-electron chi connectivity index (χ2n) is 6.39. The number of nitrogens with zero attached hydrogens (tertiary/aromatic N) is 1. The van der Waals surface area contributed by atoms with Crippen molar-refractivity contribution in [2.75, 3.05) is 11.9 Å². The van der Waals surface area contributed by atoms with E-state index in [9.17, 15) is 19.5 Å². The van der Waals surface area contributed by atoms with E-state index in [2.05, 4.69) is 5.32 Å². The molecule has 2 amide bonds. The summed E-state index contributed by atoms with van der Waals surface area (Å²) in [5.41, 5.74) is 1.38. The Labute approximate surface area is 151 Å². The van der Waals surface area contributed by atoms with Crippen molar-refractivity contribution in [3.63, 3.8) is 0 Å². The molecule has 2 aromatic carbocycles. The van der Waals surface area contributed by atoms with E-state index in [1.165, 1.54) is 18.2 Å². The molecule has 26 heavy (non-hydrogen) atoms. The van der Waals surface area contributed by atoms with E-state index in [1.54, 1.807) is 11.0 Å². The molecule has 6 nitrogen and oxygen atoms in total. The second-order valence-corrected chi connectivity index (χ2v) is 6.39.